The van der Waals surface area contributed by atoms with Gasteiger partial charge in [-0.3, -0.25) is 9.71 Å². The summed E-state index contributed by atoms with van der Waals surface area (Å²) in [5.74, 6) is 0.775. The maximum absolute atomic E-state index is 11.9. The van der Waals surface area contributed by atoms with Crippen LogP contribution in [0.3, 0.4) is 0 Å². The van der Waals surface area contributed by atoms with Gasteiger partial charge in [-0.15, -0.1) is 0 Å². The highest BCUT2D eigenvalue weighted by molar-refractivity contribution is 7.90. The van der Waals surface area contributed by atoms with Crippen molar-refractivity contribution in [2.24, 2.45) is 10.9 Å². The molecule has 2 unspecified atom stereocenters. The number of nitrogens with zero attached hydrogens (tertiary/aromatic N) is 1. The highest BCUT2D eigenvalue weighted by Gasteiger charge is 2.30. The fraction of sp³-hybridized carbons (Fsp3) is 0.462. The molecule has 1 heterocycles. The number of hydrogen-bond donors (Lipinski definition) is 2. The smallest absolute Gasteiger partial charge is 0.263 e. The third kappa shape index (κ3) is 2.37. The van der Waals surface area contributed by atoms with Crippen LogP contribution in [0.25, 0.3) is 0 Å². The Balaban J connectivity index is 1.83. The van der Waals surface area contributed by atoms with E-state index >= 15 is 0 Å². The van der Waals surface area contributed by atoms with Gasteiger partial charge in [0.05, 0.1) is 11.0 Å². The lowest BCUT2D eigenvalue weighted by atomic mass is 10.1. The number of nitrogens with one attached hydrogen (secondary N) is 1. The third-order valence-electron chi connectivity index (χ3n) is 3.68. The van der Waals surface area contributed by atoms with E-state index in [1.165, 1.54) is 0 Å². The molecule has 2 aliphatic rings. The monoisotopic (exact) mass is 280 g/mol. The summed E-state index contributed by atoms with van der Waals surface area (Å²) in [7, 11) is -3.44. The van der Waals surface area contributed by atoms with Crippen LogP contribution in [0.2, 0.25) is 0 Å². The number of benzene rings is 1. The molecule has 1 aliphatic carbocycles. The minimum atomic E-state index is -3.44. The molecular weight excluding hydrogens is 264 g/mol. The van der Waals surface area contributed by atoms with Gasteiger partial charge in [0.25, 0.3) is 10.0 Å². The van der Waals surface area contributed by atoms with Crippen molar-refractivity contribution in [3.05, 3.63) is 29.8 Å². The van der Waals surface area contributed by atoms with Crippen LogP contribution in [0.15, 0.2) is 34.2 Å². The summed E-state index contributed by atoms with van der Waals surface area (Å²) in [5, 5.41) is 9.47. The van der Waals surface area contributed by atoms with Gasteiger partial charge < -0.3 is 5.11 Å². The van der Waals surface area contributed by atoms with Crippen LogP contribution in [0.5, 0.6) is 0 Å². The van der Waals surface area contributed by atoms with Crippen LogP contribution >= 0.6 is 0 Å². The van der Waals surface area contributed by atoms with Gasteiger partial charge in [-0.05, 0) is 37.3 Å². The van der Waals surface area contributed by atoms with Gasteiger partial charge in [-0.1, -0.05) is 12.1 Å². The van der Waals surface area contributed by atoms with Crippen molar-refractivity contribution in [2.75, 3.05) is 6.54 Å². The molecule has 2 N–H and O–H groups in total. The number of hydrogen-bond acceptors (Lipinski definition) is 4. The number of fused-ring (bicyclic) bond motifs is 1. The Labute approximate surface area is 112 Å². The summed E-state index contributed by atoms with van der Waals surface area (Å²) in [4.78, 5) is 4.68. The van der Waals surface area contributed by atoms with Crippen LogP contribution in [-0.4, -0.2) is 32.0 Å². The number of aliphatic imine (C=N–C) groups is 1. The first-order valence-corrected chi connectivity index (χ1v) is 7.89. The first-order chi connectivity index (χ1) is 9.06. The zero-order valence-electron chi connectivity index (χ0n) is 10.4. The van der Waals surface area contributed by atoms with E-state index in [-0.39, 0.29) is 6.10 Å². The molecule has 0 bridgehead atoms. The van der Waals surface area contributed by atoms with Gasteiger partial charge >= 0.3 is 0 Å². The highest BCUT2D eigenvalue weighted by atomic mass is 32.2. The summed E-state index contributed by atoms with van der Waals surface area (Å²) in [6, 6.07) is 6.85. The molecule has 0 amide bonds. The van der Waals surface area contributed by atoms with Crippen molar-refractivity contribution in [2.45, 2.75) is 30.3 Å². The van der Waals surface area contributed by atoms with E-state index in [1.54, 1.807) is 24.3 Å². The van der Waals surface area contributed by atoms with Crippen molar-refractivity contribution in [3.63, 3.8) is 0 Å². The van der Waals surface area contributed by atoms with Crippen molar-refractivity contribution in [1.29, 1.82) is 0 Å². The lowest BCUT2D eigenvalue weighted by Gasteiger charge is -2.06. The second kappa shape index (κ2) is 4.61. The molecule has 1 aromatic carbocycles. The first kappa shape index (κ1) is 12.6. The molecule has 1 fully saturated rings. The second-order valence-corrected chi connectivity index (χ2v) is 6.77. The summed E-state index contributed by atoms with van der Waals surface area (Å²) < 4.78 is 26.2. The Morgan fingerprint density at radius 1 is 1.32 bits per heavy atom. The Morgan fingerprint density at radius 3 is 2.84 bits per heavy atom. The standard InChI is InChI=1S/C13H16N2O3S/c16-10-6-5-9(7-10)8-14-13-11-3-1-2-4-12(11)19(17,18)15-13/h1-4,9-10,16H,5-8H2,(H,14,15). The van der Waals surface area contributed by atoms with Gasteiger partial charge in [0, 0.05) is 12.1 Å². The molecule has 0 aromatic heterocycles. The van der Waals surface area contributed by atoms with Gasteiger partial charge in [0.15, 0.2) is 0 Å². The van der Waals surface area contributed by atoms with Crippen LogP contribution in [0.4, 0.5) is 0 Å². The van der Waals surface area contributed by atoms with Crippen LogP contribution < -0.4 is 4.72 Å². The zero-order chi connectivity index (χ0) is 13.5. The van der Waals surface area contributed by atoms with E-state index < -0.39 is 10.0 Å². The topological polar surface area (TPSA) is 78.8 Å². The van der Waals surface area contributed by atoms with Gasteiger partial charge in [0.1, 0.15) is 5.84 Å². The Kier molecular flexibility index (Phi) is 3.06. The van der Waals surface area contributed by atoms with Crippen LogP contribution in [0, 0.1) is 5.92 Å². The van der Waals surface area contributed by atoms with Crippen LogP contribution in [-0.2, 0) is 10.0 Å². The number of sulfonamides is 1. The molecule has 0 spiro atoms. The largest absolute Gasteiger partial charge is 0.393 e. The lowest BCUT2D eigenvalue weighted by Crippen LogP contribution is -2.23. The van der Waals surface area contributed by atoms with Crippen molar-refractivity contribution >= 4 is 15.9 Å². The van der Waals surface area contributed by atoms with Gasteiger partial charge in [-0.2, -0.15) is 0 Å². The number of amidine groups is 1. The first-order valence-electron chi connectivity index (χ1n) is 6.41. The maximum atomic E-state index is 11.9. The van der Waals surface area contributed by atoms with Gasteiger partial charge in [-0.25, -0.2) is 8.42 Å². The third-order valence-corrected chi connectivity index (χ3v) is 5.08. The minimum absolute atomic E-state index is 0.224. The van der Waals surface area contributed by atoms with E-state index in [9.17, 15) is 13.5 Å². The molecule has 3 rings (SSSR count). The number of aliphatic hydroxyl groups excluding tert-OH is 1. The quantitative estimate of drug-likeness (QED) is 0.844. The van der Waals surface area contributed by atoms with Crippen LogP contribution in [0.1, 0.15) is 24.8 Å². The Bertz CT molecular complexity index is 625. The number of aliphatic hydroxyl groups is 1. The summed E-state index contributed by atoms with van der Waals surface area (Å²) in [5.41, 5.74) is 0.640. The molecular formula is C13H16N2O3S. The highest BCUT2D eigenvalue weighted by Crippen LogP contribution is 2.27. The molecule has 1 aromatic rings. The molecule has 19 heavy (non-hydrogen) atoms. The minimum Gasteiger partial charge on any atom is -0.393 e. The second-order valence-electron chi connectivity index (χ2n) is 5.12. The SMILES string of the molecule is O=S1(=O)NC(=NCC2CCC(O)C2)c2ccccc21. The summed E-state index contributed by atoms with van der Waals surface area (Å²) in [6.45, 7) is 0.559. The molecule has 6 heteroatoms. The Hall–Kier alpha value is -1.40. The van der Waals surface area contributed by atoms with Crippen molar-refractivity contribution in [3.8, 4) is 0 Å². The van der Waals surface area contributed by atoms with Crippen molar-refractivity contribution in [1.82, 2.24) is 4.72 Å². The average Bonchev–Trinajstić information content (AvgIpc) is 2.90. The van der Waals surface area contributed by atoms with E-state index in [2.05, 4.69) is 9.71 Å². The summed E-state index contributed by atoms with van der Waals surface area (Å²) in [6.07, 6.45) is 2.30. The van der Waals surface area contributed by atoms with Gasteiger partial charge in [0.2, 0.25) is 0 Å². The fourth-order valence-corrected chi connectivity index (χ4v) is 3.94. The summed E-state index contributed by atoms with van der Waals surface area (Å²) >= 11 is 0. The normalized spacial score (nSPS) is 30.3. The molecule has 1 aliphatic heterocycles. The zero-order valence-corrected chi connectivity index (χ0v) is 11.2. The molecule has 5 nitrogen and oxygen atoms in total. The predicted octanol–water partition coefficient (Wildman–Crippen LogP) is 0.886. The molecule has 0 saturated heterocycles. The molecule has 2 atom stereocenters. The number of rotatable bonds is 2. The fourth-order valence-electron chi connectivity index (χ4n) is 2.69. The lowest BCUT2D eigenvalue weighted by molar-refractivity contribution is 0.178. The molecule has 1 saturated carbocycles. The van der Waals surface area contributed by atoms with E-state index in [1.807, 2.05) is 0 Å². The molecule has 0 radical (unpaired) electrons. The van der Waals surface area contributed by atoms with E-state index in [0.29, 0.717) is 28.8 Å². The van der Waals surface area contributed by atoms with E-state index in [0.717, 1.165) is 19.3 Å². The van der Waals surface area contributed by atoms with E-state index in [4.69, 9.17) is 0 Å². The molecule has 102 valence electrons. The predicted molar refractivity (Wildman–Crippen MR) is 71.5 cm³/mol. The Morgan fingerprint density at radius 2 is 2.11 bits per heavy atom. The average molecular weight is 280 g/mol. The van der Waals surface area contributed by atoms with Crippen molar-refractivity contribution < 1.29 is 13.5 Å². The maximum Gasteiger partial charge on any atom is 0.263 e.